The van der Waals surface area contributed by atoms with Gasteiger partial charge in [-0.05, 0) is 24.6 Å². The van der Waals surface area contributed by atoms with Crippen LogP contribution in [-0.4, -0.2) is 24.9 Å². The van der Waals surface area contributed by atoms with Gasteiger partial charge in [-0.15, -0.1) is 0 Å². The number of hydrogen-bond donors (Lipinski definition) is 1. The van der Waals surface area contributed by atoms with Gasteiger partial charge in [0.05, 0.1) is 5.75 Å². The molecule has 1 aromatic carbocycles. The summed E-state index contributed by atoms with van der Waals surface area (Å²) in [6.45, 7) is 0.740. The van der Waals surface area contributed by atoms with E-state index >= 15 is 0 Å². The van der Waals surface area contributed by atoms with Crippen LogP contribution in [-0.2, 0) is 15.5 Å². The SMILES string of the molecule is CC(CS(=O)(=O)O)(c1ccc(Br)cc1)C(F)(F)F. The van der Waals surface area contributed by atoms with Crippen molar-refractivity contribution in [1.29, 1.82) is 0 Å². The molecule has 0 heterocycles. The molecule has 0 bridgehead atoms. The van der Waals surface area contributed by atoms with Crippen molar-refractivity contribution in [2.75, 3.05) is 5.75 Å². The summed E-state index contributed by atoms with van der Waals surface area (Å²) in [7, 11) is -4.75. The smallest absolute Gasteiger partial charge is 0.286 e. The summed E-state index contributed by atoms with van der Waals surface area (Å²) in [4.78, 5) is 0. The molecular formula is C10H10BrF3O3S. The van der Waals surface area contributed by atoms with Crippen LogP contribution in [0.4, 0.5) is 13.2 Å². The first-order valence-electron chi connectivity index (χ1n) is 4.74. The minimum Gasteiger partial charge on any atom is -0.286 e. The quantitative estimate of drug-likeness (QED) is 0.855. The fraction of sp³-hybridized carbons (Fsp3) is 0.400. The molecule has 1 N–H and O–H groups in total. The lowest BCUT2D eigenvalue weighted by atomic mass is 9.84. The summed E-state index contributed by atoms with van der Waals surface area (Å²) in [5.74, 6) is -1.41. The van der Waals surface area contributed by atoms with E-state index in [2.05, 4.69) is 15.9 Å². The van der Waals surface area contributed by atoms with Gasteiger partial charge in [0.15, 0.2) is 0 Å². The van der Waals surface area contributed by atoms with Crippen LogP contribution in [0.2, 0.25) is 0 Å². The topological polar surface area (TPSA) is 54.4 Å². The molecule has 0 fully saturated rings. The summed E-state index contributed by atoms with van der Waals surface area (Å²) in [5.41, 5.74) is -2.88. The first kappa shape index (κ1) is 15.5. The molecule has 1 atom stereocenters. The Labute approximate surface area is 111 Å². The average Bonchev–Trinajstić information content (AvgIpc) is 2.13. The van der Waals surface area contributed by atoms with Crippen LogP contribution in [0, 0.1) is 0 Å². The number of rotatable bonds is 3. The normalized spacial score (nSPS) is 16.3. The molecule has 3 nitrogen and oxygen atoms in total. The number of benzene rings is 1. The summed E-state index contributed by atoms with van der Waals surface area (Å²) < 4.78 is 69.9. The van der Waals surface area contributed by atoms with Crippen LogP contribution in [0.25, 0.3) is 0 Å². The largest absolute Gasteiger partial charge is 0.399 e. The maximum absolute atomic E-state index is 13.0. The van der Waals surface area contributed by atoms with E-state index in [1.165, 1.54) is 24.3 Å². The molecule has 0 aliphatic rings. The molecule has 0 amide bonds. The molecule has 18 heavy (non-hydrogen) atoms. The second kappa shape index (κ2) is 4.82. The lowest BCUT2D eigenvalue weighted by molar-refractivity contribution is -0.179. The first-order valence-corrected chi connectivity index (χ1v) is 7.14. The Morgan fingerprint density at radius 1 is 1.22 bits per heavy atom. The highest BCUT2D eigenvalue weighted by atomic mass is 79.9. The molecule has 0 radical (unpaired) electrons. The van der Waals surface area contributed by atoms with Gasteiger partial charge in [-0.1, -0.05) is 28.1 Å². The van der Waals surface area contributed by atoms with E-state index in [0.717, 1.165) is 6.92 Å². The van der Waals surface area contributed by atoms with E-state index in [1.54, 1.807) is 0 Å². The minimum atomic E-state index is -4.80. The number of hydrogen-bond acceptors (Lipinski definition) is 2. The Kier molecular flexibility index (Phi) is 4.14. The van der Waals surface area contributed by atoms with Gasteiger partial charge in [0.1, 0.15) is 5.41 Å². The Balaban J connectivity index is 3.34. The van der Waals surface area contributed by atoms with E-state index < -0.39 is 27.5 Å². The van der Waals surface area contributed by atoms with Gasteiger partial charge < -0.3 is 0 Å². The van der Waals surface area contributed by atoms with E-state index in [1.807, 2.05) is 0 Å². The molecule has 0 saturated heterocycles. The fourth-order valence-corrected chi connectivity index (χ4v) is 2.84. The van der Waals surface area contributed by atoms with Crippen LogP contribution in [0.3, 0.4) is 0 Å². The summed E-state index contributed by atoms with van der Waals surface area (Å²) in [6, 6.07) is 5.10. The molecule has 0 aliphatic carbocycles. The fourth-order valence-electron chi connectivity index (χ4n) is 1.51. The van der Waals surface area contributed by atoms with Crippen molar-refractivity contribution in [3.63, 3.8) is 0 Å². The Morgan fingerprint density at radius 3 is 2.00 bits per heavy atom. The van der Waals surface area contributed by atoms with Gasteiger partial charge in [0, 0.05) is 4.47 Å². The predicted octanol–water partition coefficient (Wildman–Crippen LogP) is 3.16. The number of halogens is 4. The zero-order valence-electron chi connectivity index (χ0n) is 9.20. The lowest BCUT2D eigenvalue weighted by Gasteiger charge is -2.31. The van der Waals surface area contributed by atoms with Crippen molar-refractivity contribution < 1.29 is 26.1 Å². The molecule has 8 heteroatoms. The van der Waals surface area contributed by atoms with Crippen LogP contribution in [0.1, 0.15) is 12.5 Å². The third-order valence-corrected chi connectivity index (χ3v) is 4.05. The summed E-state index contributed by atoms with van der Waals surface area (Å²) in [6.07, 6.45) is -4.80. The molecule has 0 aromatic heterocycles. The number of alkyl halides is 3. The van der Waals surface area contributed by atoms with Gasteiger partial charge in [0.25, 0.3) is 10.1 Å². The van der Waals surface area contributed by atoms with Crippen molar-refractivity contribution in [2.45, 2.75) is 18.5 Å². The molecule has 0 aliphatic heterocycles. The van der Waals surface area contributed by atoms with Crippen LogP contribution >= 0.6 is 15.9 Å². The van der Waals surface area contributed by atoms with Gasteiger partial charge >= 0.3 is 6.18 Å². The Morgan fingerprint density at radius 2 is 1.67 bits per heavy atom. The third kappa shape index (κ3) is 3.46. The third-order valence-electron chi connectivity index (χ3n) is 2.58. The van der Waals surface area contributed by atoms with Crippen molar-refractivity contribution in [3.8, 4) is 0 Å². The zero-order chi connectivity index (χ0) is 14.2. The van der Waals surface area contributed by atoms with E-state index in [9.17, 15) is 21.6 Å². The highest BCUT2D eigenvalue weighted by Gasteiger charge is 2.54. The average molecular weight is 347 g/mol. The second-order valence-electron chi connectivity index (χ2n) is 4.06. The van der Waals surface area contributed by atoms with Crippen molar-refractivity contribution in [3.05, 3.63) is 34.3 Å². The monoisotopic (exact) mass is 346 g/mol. The van der Waals surface area contributed by atoms with Gasteiger partial charge in [-0.3, -0.25) is 4.55 Å². The van der Waals surface area contributed by atoms with Crippen LogP contribution in [0.5, 0.6) is 0 Å². The highest BCUT2D eigenvalue weighted by molar-refractivity contribution is 9.10. The molecule has 1 unspecified atom stereocenters. The highest BCUT2D eigenvalue weighted by Crippen LogP contribution is 2.42. The van der Waals surface area contributed by atoms with E-state index in [4.69, 9.17) is 4.55 Å². The Bertz CT molecular complexity index is 524. The van der Waals surface area contributed by atoms with Crippen molar-refractivity contribution in [2.24, 2.45) is 0 Å². The molecule has 0 saturated carbocycles. The molecular weight excluding hydrogens is 337 g/mol. The zero-order valence-corrected chi connectivity index (χ0v) is 11.6. The van der Waals surface area contributed by atoms with Crippen LogP contribution in [0.15, 0.2) is 28.7 Å². The molecule has 1 rings (SSSR count). The summed E-state index contributed by atoms with van der Waals surface area (Å²) >= 11 is 3.08. The second-order valence-corrected chi connectivity index (χ2v) is 6.43. The van der Waals surface area contributed by atoms with Crippen LogP contribution < -0.4 is 0 Å². The molecule has 102 valence electrons. The van der Waals surface area contributed by atoms with Crippen molar-refractivity contribution >= 4 is 26.0 Å². The maximum atomic E-state index is 13.0. The van der Waals surface area contributed by atoms with Crippen molar-refractivity contribution in [1.82, 2.24) is 0 Å². The van der Waals surface area contributed by atoms with E-state index in [0.29, 0.717) is 4.47 Å². The predicted molar refractivity (Wildman–Crippen MR) is 64.0 cm³/mol. The van der Waals surface area contributed by atoms with Gasteiger partial charge in [0.2, 0.25) is 0 Å². The van der Waals surface area contributed by atoms with Gasteiger partial charge in [-0.2, -0.15) is 21.6 Å². The van der Waals surface area contributed by atoms with E-state index in [-0.39, 0.29) is 5.56 Å². The summed E-state index contributed by atoms with van der Waals surface area (Å²) in [5, 5.41) is 0. The molecule has 0 spiro atoms. The minimum absolute atomic E-state index is 0.226. The molecule has 1 aromatic rings. The van der Waals surface area contributed by atoms with Gasteiger partial charge in [-0.25, -0.2) is 0 Å². The Hall–Kier alpha value is -0.600. The standard InChI is InChI=1S/C10H10BrF3O3S/c1-9(10(12,13)14,6-18(15,16)17)7-2-4-8(11)5-3-7/h2-5H,6H2,1H3,(H,15,16,17). The lowest BCUT2D eigenvalue weighted by Crippen LogP contribution is -2.45. The maximum Gasteiger partial charge on any atom is 0.399 e. The first-order chi connectivity index (χ1) is 7.96.